The molecule has 3 rings (SSSR count). The van der Waals surface area contributed by atoms with Crippen molar-refractivity contribution in [3.8, 4) is 0 Å². The molecule has 0 saturated heterocycles. The Labute approximate surface area is 115 Å². The van der Waals surface area contributed by atoms with Crippen molar-refractivity contribution in [2.45, 2.75) is 0 Å². The van der Waals surface area contributed by atoms with Gasteiger partial charge in [-0.05, 0) is 29.7 Å². The fourth-order valence-electron chi connectivity index (χ4n) is 1.88. The summed E-state index contributed by atoms with van der Waals surface area (Å²) in [6.07, 6.45) is 3.39. The number of nitrogen functional groups attached to an aromatic ring is 1. The Morgan fingerprint density at radius 1 is 1.00 bits per heavy atom. The number of pyridine rings is 2. The second-order valence-corrected chi connectivity index (χ2v) is 4.56. The lowest BCUT2D eigenvalue weighted by molar-refractivity contribution is 1.27. The number of rotatable bonds is 2. The zero-order valence-corrected chi connectivity index (χ0v) is 10.7. The molecule has 0 aliphatic heterocycles. The SMILES string of the molecule is Nc1ccnc(Nc2nccc3ccc(Cl)cc23)c1. The highest BCUT2D eigenvalue weighted by molar-refractivity contribution is 6.31. The van der Waals surface area contributed by atoms with Crippen molar-refractivity contribution in [2.75, 3.05) is 11.1 Å². The third-order valence-electron chi connectivity index (χ3n) is 2.76. The quantitative estimate of drug-likeness (QED) is 0.747. The maximum absolute atomic E-state index is 6.03. The molecule has 0 bridgehead atoms. The number of aromatic nitrogens is 2. The Morgan fingerprint density at radius 3 is 2.68 bits per heavy atom. The van der Waals surface area contributed by atoms with Crippen molar-refractivity contribution >= 4 is 39.7 Å². The van der Waals surface area contributed by atoms with Gasteiger partial charge in [-0.1, -0.05) is 17.7 Å². The number of benzene rings is 1. The fraction of sp³-hybridized carbons (Fsp3) is 0. The third-order valence-corrected chi connectivity index (χ3v) is 2.99. The Kier molecular flexibility index (Phi) is 2.93. The van der Waals surface area contributed by atoms with Gasteiger partial charge in [0.1, 0.15) is 11.6 Å². The Hall–Kier alpha value is -2.33. The van der Waals surface area contributed by atoms with Crippen LogP contribution in [-0.2, 0) is 0 Å². The molecule has 0 unspecified atom stereocenters. The summed E-state index contributed by atoms with van der Waals surface area (Å²) < 4.78 is 0. The van der Waals surface area contributed by atoms with Crippen molar-refractivity contribution in [3.63, 3.8) is 0 Å². The minimum Gasteiger partial charge on any atom is -0.399 e. The zero-order valence-electron chi connectivity index (χ0n) is 9.97. The van der Waals surface area contributed by atoms with Gasteiger partial charge in [-0.25, -0.2) is 9.97 Å². The van der Waals surface area contributed by atoms with Crippen LogP contribution in [0.2, 0.25) is 5.02 Å². The van der Waals surface area contributed by atoms with E-state index >= 15 is 0 Å². The van der Waals surface area contributed by atoms with E-state index in [9.17, 15) is 0 Å². The second-order valence-electron chi connectivity index (χ2n) is 4.12. The summed E-state index contributed by atoms with van der Waals surface area (Å²) in [5.41, 5.74) is 6.38. The molecule has 3 N–H and O–H groups in total. The first-order chi connectivity index (χ1) is 9.22. The van der Waals surface area contributed by atoms with Gasteiger partial charge in [0.25, 0.3) is 0 Å². The van der Waals surface area contributed by atoms with Crippen LogP contribution in [0.4, 0.5) is 17.3 Å². The molecule has 5 heteroatoms. The molecule has 0 atom stereocenters. The van der Waals surface area contributed by atoms with Gasteiger partial charge in [-0.2, -0.15) is 0 Å². The number of hydrogen-bond acceptors (Lipinski definition) is 4. The van der Waals surface area contributed by atoms with Crippen LogP contribution in [0.5, 0.6) is 0 Å². The van der Waals surface area contributed by atoms with Crippen LogP contribution < -0.4 is 11.1 Å². The van der Waals surface area contributed by atoms with Crippen molar-refractivity contribution in [1.82, 2.24) is 9.97 Å². The van der Waals surface area contributed by atoms with Crippen molar-refractivity contribution in [2.24, 2.45) is 0 Å². The molecule has 0 fully saturated rings. The minimum atomic E-state index is 0.649. The molecule has 0 radical (unpaired) electrons. The average Bonchev–Trinajstić information content (AvgIpc) is 2.39. The van der Waals surface area contributed by atoms with Crippen molar-refractivity contribution in [3.05, 3.63) is 53.8 Å². The van der Waals surface area contributed by atoms with Gasteiger partial charge in [-0.3, -0.25) is 0 Å². The van der Waals surface area contributed by atoms with Gasteiger partial charge >= 0.3 is 0 Å². The van der Waals surface area contributed by atoms with Crippen LogP contribution in [0.3, 0.4) is 0 Å². The number of nitrogens with zero attached hydrogens (tertiary/aromatic N) is 2. The standard InChI is InChI=1S/C14H11ClN4/c15-10-2-1-9-3-5-18-14(12(9)7-10)19-13-8-11(16)4-6-17-13/h1-8H,(H3,16,17,18,19). The molecule has 19 heavy (non-hydrogen) atoms. The number of halogens is 1. The lowest BCUT2D eigenvalue weighted by Gasteiger charge is -2.08. The summed E-state index contributed by atoms with van der Waals surface area (Å²) in [7, 11) is 0. The summed E-state index contributed by atoms with van der Waals surface area (Å²) in [4.78, 5) is 8.52. The Balaban J connectivity index is 2.07. The van der Waals surface area contributed by atoms with Crippen molar-refractivity contribution < 1.29 is 0 Å². The molecule has 0 saturated carbocycles. The van der Waals surface area contributed by atoms with E-state index in [4.69, 9.17) is 17.3 Å². The van der Waals surface area contributed by atoms with E-state index in [0.29, 0.717) is 22.3 Å². The van der Waals surface area contributed by atoms with Crippen LogP contribution >= 0.6 is 11.6 Å². The molecule has 1 aromatic carbocycles. The molecular weight excluding hydrogens is 260 g/mol. The number of fused-ring (bicyclic) bond motifs is 1. The predicted octanol–water partition coefficient (Wildman–Crippen LogP) is 3.61. The molecule has 4 nitrogen and oxygen atoms in total. The molecule has 2 heterocycles. The summed E-state index contributed by atoms with van der Waals surface area (Å²) in [6, 6.07) is 11.1. The smallest absolute Gasteiger partial charge is 0.139 e. The Bertz CT molecular complexity index is 742. The summed E-state index contributed by atoms with van der Waals surface area (Å²) in [5, 5.41) is 5.83. The highest BCUT2D eigenvalue weighted by atomic mass is 35.5. The van der Waals surface area contributed by atoms with Gasteiger partial charge in [0, 0.05) is 34.6 Å². The number of anilines is 3. The van der Waals surface area contributed by atoms with Gasteiger partial charge < -0.3 is 11.1 Å². The molecule has 0 aliphatic rings. The highest BCUT2D eigenvalue weighted by Crippen LogP contribution is 2.26. The number of nitrogens with one attached hydrogen (secondary N) is 1. The van der Waals surface area contributed by atoms with Crippen molar-refractivity contribution in [1.29, 1.82) is 0 Å². The van der Waals surface area contributed by atoms with E-state index in [2.05, 4.69) is 15.3 Å². The first-order valence-electron chi connectivity index (χ1n) is 5.75. The maximum Gasteiger partial charge on any atom is 0.139 e. The van der Waals surface area contributed by atoms with E-state index in [-0.39, 0.29) is 0 Å². The predicted molar refractivity (Wildman–Crippen MR) is 78.7 cm³/mol. The maximum atomic E-state index is 6.03. The fourth-order valence-corrected chi connectivity index (χ4v) is 2.05. The molecule has 2 aromatic heterocycles. The lowest BCUT2D eigenvalue weighted by atomic mass is 10.1. The van der Waals surface area contributed by atoms with Crippen LogP contribution in [0.1, 0.15) is 0 Å². The van der Waals surface area contributed by atoms with Gasteiger partial charge in [0.2, 0.25) is 0 Å². The molecule has 94 valence electrons. The van der Waals surface area contributed by atoms with Gasteiger partial charge in [0.05, 0.1) is 0 Å². The Morgan fingerprint density at radius 2 is 1.84 bits per heavy atom. The van der Waals surface area contributed by atoms with Crippen LogP contribution in [0.15, 0.2) is 48.8 Å². The first-order valence-corrected chi connectivity index (χ1v) is 6.13. The number of nitrogens with two attached hydrogens (primary N) is 1. The molecular formula is C14H11ClN4. The van der Waals surface area contributed by atoms with Crippen LogP contribution in [-0.4, -0.2) is 9.97 Å². The monoisotopic (exact) mass is 270 g/mol. The van der Waals surface area contributed by atoms with Gasteiger partial charge in [-0.15, -0.1) is 0 Å². The molecule has 0 amide bonds. The summed E-state index contributed by atoms with van der Waals surface area (Å²) in [6.45, 7) is 0. The zero-order chi connectivity index (χ0) is 13.2. The van der Waals surface area contributed by atoms with Crippen LogP contribution in [0, 0.1) is 0 Å². The van der Waals surface area contributed by atoms with Gasteiger partial charge in [0.15, 0.2) is 0 Å². The third kappa shape index (κ3) is 2.44. The molecule has 3 aromatic rings. The van der Waals surface area contributed by atoms with E-state index in [1.54, 1.807) is 24.5 Å². The van der Waals surface area contributed by atoms with E-state index in [1.165, 1.54) is 0 Å². The molecule has 0 spiro atoms. The second kappa shape index (κ2) is 4.74. The van der Waals surface area contributed by atoms with E-state index in [1.807, 2.05) is 24.3 Å². The summed E-state index contributed by atoms with van der Waals surface area (Å²) in [5.74, 6) is 1.36. The first kappa shape index (κ1) is 11.7. The van der Waals surface area contributed by atoms with Crippen LogP contribution in [0.25, 0.3) is 10.8 Å². The average molecular weight is 271 g/mol. The highest BCUT2D eigenvalue weighted by Gasteiger charge is 2.04. The largest absolute Gasteiger partial charge is 0.399 e. The summed E-state index contributed by atoms with van der Waals surface area (Å²) >= 11 is 6.03. The van der Waals surface area contributed by atoms with E-state index in [0.717, 1.165) is 10.8 Å². The number of hydrogen-bond donors (Lipinski definition) is 2. The topological polar surface area (TPSA) is 63.8 Å². The van der Waals surface area contributed by atoms with E-state index < -0.39 is 0 Å². The molecule has 0 aliphatic carbocycles. The normalized spacial score (nSPS) is 10.6. The lowest BCUT2D eigenvalue weighted by Crippen LogP contribution is -1.97. The minimum absolute atomic E-state index is 0.649.